The van der Waals surface area contributed by atoms with E-state index >= 15 is 0 Å². The van der Waals surface area contributed by atoms with Gasteiger partial charge < -0.3 is 31.1 Å². The molecule has 2 aliphatic heterocycles. The van der Waals surface area contributed by atoms with Crippen molar-refractivity contribution in [3.8, 4) is 34.0 Å². The summed E-state index contributed by atoms with van der Waals surface area (Å²) in [5, 5.41) is 25.2. The Morgan fingerprint density at radius 1 is 0.661 bits per heavy atom. The quantitative estimate of drug-likeness (QED) is 0.133. The van der Waals surface area contributed by atoms with Crippen molar-refractivity contribution in [2.45, 2.75) is 31.9 Å². The largest absolute Gasteiger partial charge is 0.508 e. The molecular formula is C42H43F3N8O3. The number of nitrogens with zero attached hydrogens (tertiary/aromatic N) is 6. The number of piperidine rings is 2. The van der Waals surface area contributed by atoms with E-state index in [4.69, 9.17) is 10.7 Å². The predicted molar refractivity (Wildman–Crippen MR) is 211 cm³/mol. The van der Waals surface area contributed by atoms with Crippen molar-refractivity contribution < 1.29 is 28.2 Å². The molecule has 0 atom stereocenters. The summed E-state index contributed by atoms with van der Waals surface area (Å²) >= 11 is 0. The maximum atomic E-state index is 12.3. The van der Waals surface area contributed by atoms with Crippen LogP contribution in [-0.4, -0.2) is 81.5 Å². The molecule has 5 N–H and O–H groups in total. The second kappa shape index (κ2) is 16.8. The van der Waals surface area contributed by atoms with Crippen LogP contribution in [0.2, 0.25) is 0 Å². The molecule has 1 amide bonds. The molecule has 0 radical (unpaired) electrons. The Bertz CT molecular complexity index is 2310. The molecule has 2 saturated heterocycles. The lowest BCUT2D eigenvalue weighted by atomic mass is 9.97. The van der Waals surface area contributed by atoms with Crippen LogP contribution in [0.4, 0.5) is 25.1 Å². The van der Waals surface area contributed by atoms with Crippen LogP contribution >= 0.6 is 0 Å². The molecule has 0 saturated carbocycles. The van der Waals surface area contributed by atoms with Gasteiger partial charge in [-0.15, -0.1) is 0 Å². The van der Waals surface area contributed by atoms with Crippen LogP contribution in [0.1, 0.15) is 25.7 Å². The summed E-state index contributed by atoms with van der Waals surface area (Å²) in [6.45, 7) is 3.91. The van der Waals surface area contributed by atoms with Crippen LogP contribution in [0.5, 0.6) is 11.5 Å². The predicted octanol–water partition coefficient (Wildman–Crippen LogP) is 7.07. The van der Waals surface area contributed by atoms with Crippen LogP contribution in [0.15, 0.2) is 97.3 Å². The number of phenols is 2. The van der Waals surface area contributed by atoms with Crippen LogP contribution < -0.4 is 20.9 Å². The van der Waals surface area contributed by atoms with Crippen LogP contribution in [0, 0.1) is 11.8 Å². The van der Waals surface area contributed by atoms with E-state index in [1.54, 1.807) is 30.5 Å². The number of amides is 1. The fourth-order valence-electron chi connectivity index (χ4n) is 7.15. The van der Waals surface area contributed by atoms with Crippen molar-refractivity contribution in [3.63, 3.8) is 0 Å². The Kier molecular flexibility index (Phi) is 11.5. The number of aromatic hydroxyl groups is 2. The lowest BCUT2D eigenvalue weighted by molar-refractivity contribution is -0.173. The van der Waals surface area contributed by atoms with Gasteiger partial charge in [-0.25, -0.2) is 19.9 Å². The number of aromatic nitrogens is 4. The Morgan fingerprint density at radius 3 is 1.54 bits per heavy atom. The molecule has 0 unspecified atom stereocenters. The molecule has 0 bridgehead atoms. The van der Waals surface area contributed by atoms with Crippen molar-refractivity contribution in [1.82, 2.24) is 25.3 Å². The van der Waals surface area contributed by atoms with E-state index in [0.717, 1.165) is 82.5 Å². The summed E-state index contributed by atoms with van der Waals surface area (Å²) < 4.78 is 37.0. The number of phenolic OH excluding ortho intramolecular Hbond substituents is 2. The number of hydrogen-bond donors (Lipinski definition) is 4. The Labute approximate surface area is 322 Å². The van der Waals surface area contributed by atoms with E-state index in [1.807, 2.05) is 71.0 Å². The average Bonchev–Trinajstić information content (AvgIpc) is 3.22. The molecule has 8 rings (SSSR count). The highest BCUT2D eigenvalue weighted by atomic mass is 19.4. The average molecular weight is 765 g/mol. The zero-order valence-corrected chi connectivity index (χ0v) is 30.7. The van der Waals surface area contributed by atoms with Crippen LogP contribution in [0.3, 0.4) is 0 Å². The summed E-state index contributed by atoms with van der Waals surface area (Å²) in [5.41, 5.74) is 9.43. The van der Waals surface area contributed by atoms with Crippen molar-refractivity contribution >= 4 is 39.3 Å². The molecule has 14 heteroatoms. The molecule has 6 aromatic rings. The van der Waals surface area contributed by atoms with Crippen molar-refractivity contribution in [3.05, 3.63) is 97.3 Å². The number of nitrogens with one attached hydrogen (secondary N) is 1. The molecular weight excluding hydrogens is 722 g/mol. The number of alkyl halides is 3. The van der Waals surface area contributed by atoms with E-state index in [1.165, 1.54) is 0 Å². The summed E-state index contributed by atoms with van der Waals surface area (Å²) in [6.07, 6.45) is 2.16. The topological polar surface area (TPSA) is 154 Å². The zero-order chi connectivity index (χ0) is 39.2. The van der Waals surface area contributed by atoms with E-state index in [-0.39, 0.29) is 24.0 Å². The second-order valence-corrected chi connectivity index (χ2v) is 14.3. The SMILES string of the molecule is NCC1CCN(c2nccc(-c3ccc4cc(O)ccc4c3)n2)CC1.O=C(NCC1CCN(c2nccc(-c3ccc4cc(O)ccc4c3)n2)CC1)C(F)(F)F. The smallest absolute Gasteiger partial charge is 0.471 e. The third-order valence-electron chi connectivity index (χ3n) is 10.5. The minimum Gasteiger partial charge on any atom is -0.508 e. The molecule has 56 heavy (non-hydrogen) atoms. The molecule has 0 aliphatic carbocycles. The van der Waals surface area contributed by atoms with E-state index in [2.05, 4.69) is 25.9 Å². The third kappa shape index (κ3) is 9.25. The van der Waals surface area contributed by atoms with Gasteiger partial charge in [0.15, 0.2) is 0 Å². The number of halogens is 3. The molecule has 2 aromatic heterocycles. The molecule has 2 fully saturated rings. The minimum atomic E-state index is -4.85. The highest BCUT2D eigenvalue weighted by Crippen LogP contribution is 2.29. The summed E-state index contributed by atoms with van der Waals surface area (Å²) in [4.78, 5) is 33.5. The fraction of sp³-hybridized carbons (Fsp3) is 0.310. The standard InChI is InChI=1S/C22H21F3N4O2.C20H22N4O/c23-22(24,25)20(31)27-13-14-6-9-29(10-7-14)21-26-8-5-19(28-21)17-2-1-16-12-18(30)4-3-15(16)11-17;21-13-14-6-9-24(10-7-14)20-22-8-5-19(23-20)17-2-1-16-12-18(25)4-3-15(16)11-17/h1-5,8,11-12,14,30H,6-7,9-10,13H2,(H,27,31);1-5,8,11-12,14,25H,6-7,9-10,13,21H2. The van der Waals surface area contributed by atoms with Crippen LogP contribution in [0.25, 0.3) is 44.1 Å². The Balaban J connectivity index is 0.000000175. The van der Waals surface area contributed by atoms with E-state index in [9.17, 15) is 28.2 Å². The minimum absolute atomic E-state index is 0.0114. The van der Waals surface area contributed by atoms with Crippen molar-refractivity contribution in [1.29, 1.82) is 0 Å². The lowest BCUT2D eigenvalue weighted by Gasteiger charge is -2.32. The molecule has 4 aromatic carbocycles. The second-order valence-electron chi connectivity index (χ2n) is 14.3. The molecule has 290 valence electrons. The van der Waals surface area contributed by atoms with Gasteiger partial charge in [-0.1, -0.05) is 36.4 Å². The van der Waals surface area contributed by atoms with Crippen molar-refractivity contribution in [2.24, 2.45) is 17.6 Å². The van der Waals surface area contributed by atoms with Gasteiger partial charge in [-0.3, -0.25) is 4.79 Å². The fourth-order valence-corrected chi connectivity index (χ4v) is 7.15. The first-order chi connectivity index (χ1) is 27.0. The normalized spacial score (nSPS) is 15.4. The van der Waals surface area contributed by atoms with Gasteiger partial charge in [0.25, 0.3) is 0 Å². The number of hydrogen-bond acceptors (Lipinski definition) is 10. The highest BCUT2D eigenvalue weighted by molar-refractivity contribution is 5.89. The van der Waals surface area contributed by atoms with Gasteiger partial charge in [0.1, 0.15) is 11.5 Å². The van der Waals surface area contributed by atoms with Crippen LogP contribution in [-0.2, 0) is 4.79 Å². The lowest BCUT2D eigenvalue weighted by Crippen LogP contribution is -2.43. The molecule has 0 spiro atoms. The van der Waals surface area contributed by atoms with Gasteiger partial charge in [0.05, 0.1) is 11.4 Å². The maximum Gasteiger partial charge on any atom is 0.471 e. The number of anilines is 2. The van der Waals surface area contributed by atoms with Gasteiger partial charge in [-0.2, -0.15) is 13.2 Å². The first-order valence-electron chi connectivity index (χ1n) is 18.7. The zero-order valence-electron chi connectivity index (χ0n) is 30.7. The monoisotopic (exact) mass is 764 g/mol. The number of benzene rings is 4. The van der Waals surface area contributed by atoms with E-state index in [0.29, 0.717) is 37.8 Å². The number of nitrogens with two attached hydrogens (primary N) is 1. The first-order valence-corrected chi connectivity index (χ1v) is 18.7. The summed E-state index contributed by atoms with van der Waals surface area (Å²) in [6, 6.07) is 26.4. The summed E-state index contributed by atoms with van der Waals surface area (Å²) in [5.74, 6) is 0.576. The third-order valence-corrected chi connectivity index (χ3v) is 10.5. The van der Waals surface area contributed by atoms with Crippen molar-refractivity contribution in [2.75, 3.05) is 49.1 Å². The Hall–Kier alpha value is -6.02. The van der Waals surface area contributed by atoms with Gasteiger partial charge in [-0.05, 0) is 114 Å². The van der Waals surface area contributed by atoms with Gasteiger partial charge in [0.2, 0.25) is 11.9 Å². The highest BCUT2D eigenvalue weighted by Gasteiger charge is 2.38. The Morgan fingerprint density at radius 2 is 1.09 bits per heavy atom. The maximum absolute atomic E-state index is 12.3. The molecule has 4 heterocycles. The number of carbonyl (C=O) groups is 1. The molecule has 2 aliphatic rings. The molecule has 11 nitrogen and oxygen atoms in total. The van der Waals surface area contributed by atoms with Gasteiger partial charge in [0, 0.05) is 56.2 Å². The van der Waals surface area contributed by atoms with E-state index < -0.39 is 12.1 Å². The number of fused-ring (bicyclic) bond motifs is 2. The number of rotatable bonds is 7. The van der Waals surface area contributed by atoms with Gasteiger partial charge >= 0.3 is 12.1 Å². The first kappa shape index (κ1) is 38.3. The summed E-state index contributed by atoms with van der Waals surface area (Å²) in [7, 11) is 0. The number of carbonyl (C=O) groups excluding carboxylic acids is 1.